The Morgan fingerprint density at radius 2 is 2.14 bits per heavy atom. The molecule has 14 heavy (non-hydrogen) atoms. The molecule has 3 atom stereocenters. The fourth-order valence-electron chi connectivity index (χ4n) is 3.52. The minimum atomic E-state index is 0.332. The molecule has 3 saturated carbocycles. The number of hydrogen-bond acceptors (Lipinski definition) is 2. The molecule has 2 nitrogen and oxygen atoms in total. The van der Waals surface area contributed by atoms with Gasteiger partial charge in [0, 0.05) is 12.3 Å². The fraction of sp³-hybridized carbons (Fsp3) is 0.917. The summed E-state index contributed by atoms with van der Waals surface area (Å²) in [6.45, 7) is 5.17. The molecule has 0 spiro atoms. The standard InChI is InChI=1S/C12H21NO/c1-12(2)8-3-4-9(10(12)7-8)11(14)5-6-13/h8-10H,3-7,13H2,1-2H3. The van der Waals surface area contributed by atoms with Crippen molar-refractivity contribution < 1.29 is 4.79 Å². The van der Waals surface area contributed by atoms with Crippen molar-refractivity contribution in [2.24, 2.45) is 28.9 Å². The Kier molecular flexibility index (Phi) is 2.42. The van der Waals surface area contributed by atoms with Crippen LogP contribution in [0.3, 0.4) is 0 Å². The lowest BCUT2D eigenvalue weighted by atomic mass is 9.45. The van der Waals surface area contributed by atoms with Crippen molar-refractivity contribution in [3.8, 4) is 0 Å². The highest BCUT2D eigenvalue weighted by Gasteiger charge is 2.55. The van der Waals surface area contributed by atoms with Crippen molar-refractivity contribution in [3.63, 3.8) is 0 Å². The van der Waals surface area contributed by atoms with Crippen LogP contribution in [-0.4, -0.2) is 12.3 Å². The van der Waals surface area contributed by atoms with E-state index in [2.05, 4.69) is 13.8 Å². The van der Waals surface area contributed by atoms with Crippen LogP contribution in [-0.2, 0) is 4.79 Å². The van der Waals surface area contributed by atoms with Crippen LogP contribution in [0.25, 0.3) is 0 Å². The number of hydrogen-bond donors (Lipinski definition) is 1. The van der Waals surface area contributed by atoms with Gasteiger partial charge in [0.25, 0.3) is 0 Å². The first-order chi connectivity index (χ1) is 6.57. The molecule has 0 aromatic heterocycles. The van der Waals surface area contributed by atoms with Gasteiger partial charge in [-0.05, 0) is 43.1 Å². The van der Waals surface area contributed by atoms with Crippen LogP contribution in [0.2, 0.25) is 0 Å². The van der Waals surface area contributed by atoms with E-state index in [0.29, 0.717) is 36.0 Å². The molecule has 3 aliphatic rings. The second kappa shape index (κ2) is 3.34. The summed E-state index contributed by atoms with van der Waals surface area (Å²) in [5, 5.41) is 0. The molecule has 3 aliphatic carbocycles. The second-order valence-corrected chi connectivity index (χ2v) is 5.55. The molecule has 0 aromatic rings. The molecule has 2 heteroatoms. The third-order valence-corrected chi connectivity index (χ3v) is 4.66. The van der Waals surface area contributed by atoms with Crippen molar-refractivity contribution in [3.05, 3.63) is 0 Å². The van der Waals surface area contributed by atoms with Gasteiger partial charge in [-0.15, -0.1) is 0 Å². The van der Waals surface area contributed by atoms with Gasteiger partial charge < -0.3 is 5.73 Å². The molecule has 3 rings (SSSR count). The topological polar surface area (TPSA) is 43.1 Å². The molecule has 2 N–H and O–H groups in total. The lowest BCUT2D eigenvalue weighted by molar-refractivity contribution is -0.146. The normalized spacial score (nSPS) is 38.9. The van der Waals surface area contributed by atoms with Crippen LogP contribution in [0.1, 0.15) is 39.5 Å². The maximum Gasteiger partial charge on any atom is 0.137 e. The highest BCUT2D eigenvalue weighted by atomic mass is 16.1. The highest BCUT2D eigenvalue weighted by molar-refractivity contribution is 5.82. The molecule has 0 heterocycles. The largest absolute Gasteiger partial charge is 0.330 e. The van der Waals surface area contributed by atoms with E-state index in [4.69, 9.17) is 5.73 Å². The molecule has 80 valence electrons. The lowest BCUT2D eigenvalue weighted by Gasteiger charge is -2.59. The van der Waals surface area contributed by atoms with Crippen LogP contribution < -0.4 is 5.73 Å². The minimum Gasteiger partial charge on any atom is -0.330 e. The summed E-state index contributed by atoms with van der Waals surface area (Å²) in [7, 11) is 0. The van der Waals surface area contributed by atoms with Gasteiger partial charge >= 0.3 is 0 Å². The number of carbonyl (C=O) groups excluding carboxylic acids is 1. The third kappa shape index (κ3) is 1.31. The van der Waals surface area contributed by atoms with Crippen molar-refractivity contribution in [1.29, 1.82) is 0 Å². The molecule has 0 saturated heterocycles. The van der Waals surface area contributed by atoms with E-state index in [0.717, 1.165) is 12.3 Å². The smallest absolute Gasteiger partial charge is 0.137 e. The van der Waals surface area contributed by atoms with Gasteiger partial charge in [-0.2, -0.15) is 0 Å². The lowest BCUT2D eigenvalue weighted by Crippen LogP contribution is -2.54. The Morgan fingerprint density at radius 3 is 2.64 bits per heavy atom. The number of ketones is 1. The van der Waals surface area contributed by atoms with Crippen molar-refractivity contribution in [2.45, 2.75) is 39.5 Å². The minimum absolute atomic E-state index is 0.332. The summed E-state index contributed by atoms with van der Waals surface area (Å²) < 4.78 is 0. The second-order valence-electron chi connectivity index (χ2n) is 5.55. The Labute approximate surface area is 86.2 Å². The summed E-state index contributed by atoms with van der Waals surface area (Å²) in [5.74, 6) is 2.29. The monoisotopic (exact) mass is 195 g/mol. The van der Waals surface area contributed by atoms with Gasteiger partial charge in [0.15, 0.2) is 0 Å². The van der Waals surface area contributed by atoms with Gasteiger partial charge in [-0.25, -0.2) is 0 Å². The first-order valence-electron chi connectivity index (χ1n) is 5.80. The quantitative estimate of drug-likeness (QED) is 0.748. The summed E-state index contributed by atoms with van der Waals surface area (Å²) in [6, 6.07) is 0. The molecule has 3 unspecified atom stereocenters. The van der Waals surface area contributed by atoms with Crippen molar-refractivity contribution in [1.82, 2.24) is 0 Å². The van der Waals surface area contributed by atoms with E-state index in [-0.39, 0.29) is 0 Å². The summed E-state index contributed by atoms with van der Waals surface area (Å²) in [5.41, 5.74) is 5.86. The number of Topliss-reactive ketones (excluding diaryl/α,β-unsaturated/α-hetero) is 1. The number of carbonyl (C=O) groups is 1. The predicted octanol–water partition coefficient (Wildman–Crippen LogP) is 1.98. The van der Waals surface area contributed by atoms with E-state index in [1.54, 1.807) is 0 Å². The average molecular weight is 195 g/mol. The maximum atomic E-state index is 11.8. The number of rotatable bonds is 3. The molecule has 0 amide bonds. The molecule has 0 radical (unpaired) electrons. The fourth-order valence-corrected chi connectivity index (χ4v) is 3.52. The zero-order valence-electron chi connectivity index (χ0n) is 9.25. The van der Waals surface area contributed by atoms with Gasteiger partial charge in [-0.1, -0.05) is 13.8 Å². The SMILES string of the molecule is CC1(C)C2CCC(C(=O)CCN)C1C2. The van der Waals surface area contributed by atoms with Crippen LogP contribution in [0.4, 0.5) is 0 Å². The Bertz CT molecular complexity index is 245. The Balaban J connectivity index is 2.04. The Morgan fingerprint density at radius 1 is 1.43 bits per heavy atom. The van der Waals surface area contributed by atoms with Gasteiger partial charge in [0.1, 0.15) is 5.78 Å². The summed E-state index contributed by atoms with van der Waals surface area (Å²) in [4.78, 5) is 11.8. The number of nitrogens with two attached hydrogens (primary N) is 1. The molecular formula is C12H21NO. The van der Waals surface area contributed by atoms with E-state index in [9.17, 15) is 4.79 Å². The van der Waals surface area contributed by atoms with Crippen LogP contribution >= 0.6 is 0 Å². The van der Waals surface area contributed by atoms with E-state index >= 15 is 0 Å². The van der Waals surface area contributed by atoms with Crippen molar-refractivity contribution in [2.75, 3.05) is 6.54 Å². The number of fused-ring (bicyclic) bond motifs is 2. The highest BCUT2D eigenvalue weighted by Crippen LogP contribution is 2.61. The molecule has 2 bridgehead atoms. The third-order valence-electron chi connectivity index (χ3n) is 4.66. The zero-order valence-corrected chi connectivity index (χ0v) is 9.25. The molecule has 0 aliphatic heterocycles. The Hall–Kier alpha value is -0.370. The van der Waals surface area contributed by atoms with Gasteiger partial charge in [0.2, 0.25) is 0 Å². The van der Waals surface area contributed by atoms with Crippen LogP contribution in [0, 0.1) is 23.2 Å². The maximum absolute atomic E-state index is 11.8. The first-order valence-corrected chi connectivity index (χ1v) is 5.80. The molecular weight excluding hydrogens is 174 g/mol. The molecule has 3 fully saturated rings. The van der Waals surface area contributed by atoms with E-state index < -0.39 is 0 Å². The molecule has 0 aromatic carbocycles. The van der Waals surface area contributed by atoms with Gasteiger partial charge in [-0.3, -0.25) is 4.79 Å². The van der Waals surface area contributed by atoms with Crippen LogP contribution in [0.5, 0.6) is 0 Å². The van der Waals surface area contributed by atoms with E-state index in [1.807, 2.05) is 0 Å². The van der Waals surface area contributed by atoms with Gasteiger partial charge in [0.05, 0.1) is 0 Å². The zero-order chi connectivity index (χ0) is 10.3. The van der Waals surface area contributed by atoms with Crippen molar-refractivity contribution >= 4 is 5.78 Å². The van der Waals surface area contributed by atoms with Crippen LogP contribution in [0.15, 0.2) is 0 Å². The average Bonchev–Trinajstić information content (AvgIpc) is 2.18. The summed E-state index contributed by atoms with van der Waals surface area (Å²) >= 11 is 0. The predicted molar refractivity (Wildman–Crippen MR) is 56.8 cm³/mol. The van der Waals surface area contributed by atoms with E-state index in [1.165, 1.54) is 12.8 Å². The summed E-state index contributed by atoms with van der Waals surface area (Å²) in [6.07, 6.45) is 4.25. The first kappa shape index (κ1) is 10.2.